The van der Waals surface area contributed by atoms with Crippen LogP contribution in [0.15, 0.2) is 10.7 Å². The van der Waals surface area contributed by atoms with Crippen LogP contribution in [0.25, 0.3) is 0 Å². The Morgan fingerprint density at radius 3 is 2.67 bits per heavy atom. The van der Waals surface area contributed by atoms with Gasteiger partial charge in [0.05, 0.1) is 22.4 Å². The first kappa shape index (κ1) is 10.5. The zero-order chi connectivity index (χ0) is 11.3. The van der Waals surface area contributed by atoms with E-state index in [9.17, 15) is 8.42 Å². The number of anilines is 1. The fourth-order valence-corrected chi connectivity index (χ4v) is 3.80. The van der Waals surface area contributed by atoms with E-state index in [1.165, 1.54) is 6.20 Å². The van der Waals surface area contributed by atoms with Gasteiger partial charge in [-0.05, 0) is 20.3 Å². The molecule has 0 radical (unpaired) electrons. The van der Waals surface area contributed by atoms with E-state index in [1.807, 2.05) is 0 Å². The summed E-state index contributed by atoms with van der Waals surface area (Å²) in [5.74, 6) is 0.497. The SMILES string of the molecule is CC1(C)C(c2oncc2N)CCS1(=O)=O. The lowest BCUT2D eigenvalue weighted by Crippen LogP contribution is -2.32. The third-order valence-electron chi connectivity index (χ3n) is 3.26. The molecule has 6 heteroatoms. The molecule has 0 bridgehead atoms. The molecule has 0 amide bonds. The van der Waals surface area contributed by atoms with Crippen LogP contribution < -0.4 is 5.73 Å². The second-order valence-electron chi connectivity index (χ2n) is 4.41. The lowest BCUT2D eigenvalue weighted by molar-refractivity contribution is 0.341. The fraction of sp³-hybridized carbons (Fsp3) is 0.667. The molecular formula is C9H14N2O3S. The molecule has 1 fully saturated rings. The smallest absolute Gasteiger partial charge is 0.164 e. The van der Waals surface area contributed by atoms with Crippen LogP contribution in [0.5, 0.6) is 0 Å². The molecule has 0 spiro atoms. The quantitative estimate of drug-likeness (QED) is 0.775. The van der Waals surface area contributed by atoms with Crippen molar-refractivity contribution in [1.82, 2.24) is 5.16 Å². The third-order valence-corrected chi connectivity index (χ3v) is 5.92. The predicted octanol–water partition coefficient (Wildman–Crippen LogP) is 0.938. The van der Waals surface area contributed by atoms with E-state index < -0.39 is 14.6 Å². The van der Waals surface area contributed by atoms with Gasteiger partial charge >= 0.3 is 0 Å². The van der Waals surface area contributed by atoms with E-state index in [4.69, 9.17) is 10.3 Å². The summed E-state index contributed by atoms with van der Waals surface area (Å²) in [5.41, 5.74) is 6.11. The summed E-state index contributed by atoms with van der Waals surface area (Å²) < 4.78 is 27.8. The molecule has 1 saturated heterocycles. The van der Waals surface area contributed by atoms with Gasteiger partial charge < -0.3 is 10.3 Å². The molecule has 0 aliphatic carbocycles. The van der Waals surface area contributed by atoms with Crippen LogP contribution in [0, 0.1) is 0 Å². The highest BCUT2D eigenvalue weighted by molar-refractivity contribution is 7.93. The highest BCUT2D eigenvalue weighted by atomic mass is 32.2. The van der Waals surface area contributed by atoms with Crippen molar-refractivity contribution in [3.8, 4) is 0 Å². The summed E-state index contributed by atoms with van der Waals surface area (Å²) in [5, 5.41) is 3.58. The largest absolute Gasteiger partial charge is 0.395 e. The summed E-state index contributed by atoms with van der Waals surface area (Å²) in [6.45, 7) is 3.42. The Morgan fingerprint density at radius 1 is 1.60 bits per heavy atom. The molecule has 15 heavy (non-hydrogen) atoms. The van der Waals surface area contributed by atoms with Gasteiger partial charge in [0, 0.05) is 5.92 Å². The summed E-state index contributed by atoms with van der Waals surface area (Å²) in [6.07, 6.45) is 1.96. The molecule has 1 aliphatic rings. The van der Waals surface area contributed by atoms with Crippen molar-refractivity contribution >= 4 is 15.5 Å². The van der Waals surface area contributed by atoms with E-state index in [1.54, 1.807) is 13.8 Å². The van der Waals surface area contributed by atoms with Crippen molar-refractivity contribution in [2.45, 2.75) is 30.9 Å². The maximum absolute atomic E-state index is 11.8. The van der Waals surface area contributed by atoms with E-state index in [0.29, 0.717) is 17.9 Å². The number of sulfone groups is 1. The number of hydrogen-bond donors (Lipinski definition) is 1. The Balaban J connectivity index is 2.47. The second-order valence-corrected chi connectivity index (χ2v) is 7.10. The molecule has 1 unspecified atom stereocenters. The van der Waals surface area contributed by atoms with E-state index in [2.05, 4.69) is 5.16 Å². The van der Waals surface area contributed by atoms with E-state index in [0.717, 1.165) is 0 Å². The van der Waals surface area contributed by atoms with Gasteiger partial charge in [0.2, 0.25) is 0 Å². The Morgan fingerprint density at radius 2 is 2.27 bits per heavy atom. The normalized spacial score (nSPS) is 28.0. The van der Waals surface area contributed by atoms with Gasteiger partial charge in [0.25, 0.3) is 0 Å². The third kappa shape index (κ3) is 1.35. The minimum absolute atomic E-state index is 0.185. The van der Waals surface area contributed by atoms with Crippen molar-refractivity contribution in [1.29, 1.82) is 0 Å². The number of hydrogen-bond acceptors (Lipinski definition) is 5. The van der Waals surface area contributed by atoms with Gasteiger partial charge in [0.1, 0.15) is 0 Å². The molecule has 1 aliphatic heterocycles. The molecule has 0 aromatic carbocycles. The lowest BCUT2D eigenvalue weighted by atomic mass is 9.90. The number of rotatable bonds is 1. The average Bonchev–Trinajstić information content (AvgIpc) is 2.58. The maximum atomic E-state index is 11.8. The lowest BCUT2D eigenvalue weighted by Gasteiger charge is -2.23. The van der Waals surface area contributed by atoms with E-state index in [-0.39, 0.29) is 11.7 Å². The molecule has 2 rings (SSSR count). The number of nitrogens with two attached hydrogens (primary N) is 1. The second kappa shape index (κ2) is 2.98. The summed E-state index contributed by atoms with van der Waals surface area (Å²) in [6, 6.07) is 0. The van der Waals surface area contributed by atoms with Crippen molar-refractivity contribution < 1.29 is 12.9 Å². The van der Waals surface area contributed by atoms with Crippen molar-refractivity contribution in [2.75, 3.05) is 11.5 Å². The van der Waals surface area contributed by atoms with Gasteiger partial charge in [-0.1, -0.05) is 5.16 Å². The molecule has 1 aromatic heterocycles. The Kier molecular flexibility index (Phi) is 2.08. The first-order valence-electron chi connectivity index (χ1n) is 4.78. The van der Waals surface area contributed by atoms with Crippen LogP contribution >= 0.6 is 0 Å². The van der Waals surface area contributed by atoms with Crippen LogP contribution in [0.2, 0.25) is 0 Å². The topological polar surface area (TPSA) is 86.2 Å². The molecule has 84 valence electrons. The van der Waals surface area contributed by atoms with Gasteiger partial charge in [-0.2, -0.15) is 0 Å². The van der Waals surface area contributed by atoms with Crippen molar-refractivity contribution in [3.63, 3.8) is 0 Å². The van der Waals surface area contributed by atoms with Crippen LogP contribution in [0.3, 0.4) is 0 Å². The number of aromatic nitrogens is 1. The van der Waals surface area contributed by atoms with Crippen LogP contribution in [0.1, 0.15) is 31.9 Å². The van der Waals surface area contributed by atoms with Gasteiger partial charge in [0.15, 0.2) is 15.6 Å². The van der Waals surface area contributed by atoms with Crippen LogP contribution in [0.4, 0.5) is 5.69 Å². The Hall–Kier alpha value is -1.04. The van der Waals surface area contributed by atoms with Crippen molar-refractivity contribution in [2.24, 2.45) is 0 Å². The zero-order valence-electron chi connectivity index (χ0n) is 8.73. The summed E-state index contributed by atoms with van der Waals surface area (Å²) in [7, 11) is -3.06. The molecule has 1 atom stereocenters. The molecule has 0 saturated carbocycles. The number of nitrogens with zero attached hydrogens (tertiary/aromatic N) is 1. The standard InChI is InChI=1S/C9H14N2O3S/c1-9(2)6(3-4-15(9,12)13)8-7(10)5-11-14-8/h5-6H,3-4,10H2,1-2H3. The van der Waals surface area contributed by atoms with E-state index >= 15 is 0 Å². The Bertz CT molecular complexity index is 475. The molecule has 5 nitrogen and oxygen atoms in total. The van der Waals surface area contributed by atoms with Gasteiger partial charge in [-0.25, -0.2) is 8.42 Å². The molecule has 2 heterocycles. The van der Waals surface area contributed by atoms with Crippen LogP contribution in [-0.2, 0) is 9.84 Å². The molecule has 2 N–H and O–H groups in total. The van der Waals surface area contributed by atoms with Gasteiger partial charge in [-0.15, -0.1) is 0 Å². The first-order valence-corrected chi connectivity index (χ1v) is 6.44. The minimum Gasteiger partial charge on any atom is -0.395 e. The molecule has 1 aromatic rings. The first-order chi connectivity index (χ1) is 6.86. The van der Waals surface area contributed by atoms with Crippen LogP contribution in [-0.4, -0.2) is 24.1 Å². The highest BCUT2D eigenvalue weighted by Gasteiger charge is 2.50. The molecular weight excluding hydrogens is 216 g/mol. The minimum atomic E-state index is -3.06. The zero-order valence-corrected chi connectivity index (χ0v) is 9.54. The summed E-state index contributed by atoms with van der Waals surface area (Å²) >= 11 is 0. The highest BCUT2D eigenvalue weighted by Crippen LogP contribution is 2.45. The number of nitrogen functional groups attached to an aromatic ring is 1. The average molecular weight is 230 g/mol. The fourth-order valence-electron chi connectivity index (χ4n) is 2.07. The summed E-state index contributed by atoms with van der Waals surface area (Å²) in [4.78, 5) is 0. The van der Waals surface area contributed by atoms with Crippen molar-refractivity contribution in [3.05, 3.63) is 12.0 Å². The van der Waals surface area contributed by atoms with Gasteiger partial charge in [-0.3, -0.25) is 0 Å². The monoisotopic (exact) mass is 230 g/mol. The predicted molar refractivity (Wildman–Crippen MR) is 56.1 cm³/mol. The Labute approximate surface area is 88.5 Å². The maximum Gasteiger partial charge on any atom is 0.164 e.